The van der Waals surface area contributed by atoms with E-state index in [-0.39, 0.29) is 16.5 Å². The molecule has 0 aliphatic heterocycles. The molecule has 0 radical (unpaired) electrons. The molecule has 11 heavy (non-hydrogen) atoms. The predicted molar refractivity (Wildman–Crippen MR) is 43.3 cm³/mol. The first-order valence-corrected chi connectivity index (χ1v) is 3.35. The van der Waals surface area contributed by atoms with E-state index in [1.165, 1.54) is 12.1 Å². The summed E-state index contributed by atoms with van der Waals surface area (Å²) in [6.07, 6.45) is 0. The van der Waals surface area contributed by atoms with Crippen LogP contribution in [0.4, 0.5) is 5.69 Å². The number of benzene rings is 1. The highest BCUT2D eigenvalue weighted by Gasteiger charge is 2.04. The molecule has 0 aromatic heterocycles. The van der Waals surface area contributed by atoms with E-state index in [2.05, 4.69) is 5.18 Å². The minimum absolute atomic E-state index is 0.000864. The second-order valence-corrected chi connectivity index (χ2v) is 2.59. The van der Waals surface area contributed by atoms with Gasteiger partial charge in [-0.2, -0.15) is 0 Å². The fourth-order valence-corrected chi connectivity index (χ4v) is 1.03. The fourth-order valence-electron chi connectivity index (χ4n) is 0.771. The van der Waals surface area contributed by atoms with E-state index in [0.29, 0.717) is 5.56 Å². The number of aryl methyl sites for hydroxylation is 1. The number of phenolic OH excluding ortho intramolecular Hbond substituents is 1. The van der Waals surface area contributed by atoms with Crippen LogP contribution in [0, 0.1) is 11.8 Å². The largest absolute Gasteiger partial charge is 0.506 e. The van der Waals surface area contributed by atoms with Crippen molar-refractivity contribution in [1.29, 1.82) is 0 Å². The Morgan fingerprint density at radius 2 is 2.18 bits per heavy atom. The summed E-state index contributed by atoms with van der Waals surface area (Å²) in [5.74, 6) is -0.000864. The van der Waals surface area contributed by atoms with Gasteiger partial charge in [-0.25, -0.2) is 0 Å². The smallest absolute Gasteiger partial charge is 0.137 e. The van der Waals surface area contributed by atoms with Gasteiger partial charge in [0.2, 0.25) is 0 Å². The lowest BCUT2D eigenvalue weighted by molar-refractivity contribution is 0.471. The Balaban J connectivity index is 3.31. The highest BCUT2D eigenvalue weighted by atomic mass is 35.5. The van der Waals surface area contributed by atoms with Crippen LogP contribution in [0.25, 0.3) is 0 Å². The Bertz CT molecular complexity index is 275. The molecular weight excluding hydrogens is 166 g/mol. The van der Waals surface area contributed by atoms with Crippen molar-refractivity contribution in [2.45, 2.75) is 6.92 Å². The standard InChI is InChI=1S/C7H6ClNO2/c1-4-2-5(9-11)3-6(8)7(4)10/h2-3,10H,1H3. The van der Waals surface area contributed by atoms with Gasteiger partial charge in [0, 0.05) is 0 Å². The van der Waals surface area contributed by atoms with Crippen molar-refractivity contribution in [1.82, 2.24) is 0 Å². The lowest BCUT2D eigenvalue weighted by Crippen LogP contribution is -1.75. The third kappa shape index (κ3) is 1.49. The summed E-state index contributed by atoms with van der Waals surface area (Å²) in [7, 11) is 0. The van der Waals surface area contributed by atoms with Crippen molar-refractivity contribution in [3.63, 3.8) is 0 Å². The number of nitrogens with zero attached hydrogens (tertiary/aromatic N) is 1. The third-order valence-electron chi connectivity index (χ3n) is 1.34. The van der Waals surface area contributed by atoms with Gasteiger partial charge >= 0.3 is 0 Å². The van der Waals surface area contributed by atoms with Crippen molar-refractivity contribution >= 4 is 17.3 Å². The fraction of sp³-hybridized carbons (Fsp3) is 0.143. The van der Waals surface area contributed by atoms with Crippen molar-refractivity contribution in [3.8, 4) is 5.75 Å². The Hall–Kier alpha value is -1.09. The maximum atomic E-state index is 10.0. The Morgan fingerprint density at radius 3 is 2.64 bits per heavy atom. The normalized spacial score (nSPS) is 9.64. The van der Waals surface area contributed by atoms with Crippen molar-refractivity contribution in [2.75, 3.05) is 0 Å². The van der Waals surface area contributed by atoms with E-state index in [9.17, 15) is 4.91 Å². The topological polar surface area (TPSA) is 49.7 Å². The molecule has 0 aliphatic rings. The van der Waals surface area contributed by atoms with Gasteiger partial charge in [-0.05, 0) is 29.8 Å². The van der Waals surface area contributed by atoms with Crippen LogP contribution in [0.1, 0.15) is 5.56 Å². The van der Waals surface area contributed by atoms with Gasteiger partial charge in [0.05, 0.1) is 5.02 Å². The van der Waals surface area contributed by atoms with Crippen molar-refractivity contribution in [2.24, 2.45) is 5.18 Å². The average molecular weight is 172 g/mol. The van der Waals surface area contributed by atoms with Crippen LogP contribution >= 0.6 is 11.6 Å². The Morgan fingerprint density at radius 1 is 1.55 bits per heavy atom. The molecule has 0 spiro atoms. The minimum Gasteiger partial charge on any atom is -0.506 e. The summed E-state index contributed by atoms with van der Waals surface area (Å²) in [5.41, 5.74) is 0.775. The highest BCUT2D eigenvalue weighted by Crippen LogP contribution is 2.31. The number of phenols is 1. The SMILES string of the molecule is Cc1cc(N=O)cc(Cl)c1O. The molecule has 0 bridgehead atoms. The second-order valence-electron chi connectivity index (χ2n) is 2.18. The van der Waals surface area contributed by atoms with Crippen LogP contribution in [-0.2, 0) is 0 Å². The van der Waals surface area contributed by atoms with E-state index >= 15 is 0 Å². The van der Waals surface area contributed by atoms with Crippen LogP contribution in [0.5, 0.6) is 5.75 Å². The molecular formula is C7H6ClNO2. The molecule has 0 saturated carbocycles. The summed E-state index contributed by atoms with van der Waals surface area (Å²) < 4.78 is 0. The summed E-state index contributed by atoms with van der Waals surface area (Å²) in [4.78, 5) is 10.0. The molecule has 0 amide bonds. The molecule has 1 rings (SSSR count). The molecule has 3 nitrogen and oxygen atoms in total. The molecule has 1 aromatic carbocycles. The molecule has 1 N–H and O–H groups in total. The quantitative estimate of drug-likeness (QED) is 0.661. The zero-order valence-electron chi connectivity index (χ0n) is 5.84. The maximum Gasteiger partial charge on any atom is 0.137 e. The number of aromatic hydroxyl groups is 1. The van der Waals surface area contributed by atoms with E-state index in [0.717, 1.165) is 0 Å². The van der Waals surface area contributed by atoms with E-state index < -0.39 is 0 Å². The Labute approximate surface area is 68.6 Å². The van der Waals surface area contributed by atoms with Crippen LogP contribution in [0.15, 0.2) is 17.3 Å². The number of nitroso groups, excluding NO2 is 1. The number of halogens is 1. The first-order valence-electron chi connectivity index (χ1n) is 2.97. The Kier molecular flexibility index (Phi) is 2.10. The molecule has 1 aromatic rings. The highest BCUT2D eigenvalue weighted by molar-refractivity contribution is 6.32. The average Bonchev–Trinajstić information content (AvgIpc) is 1.99. The lowest BCUT2D eigenvalue weighted by atomic mass is 10.2. The van der Waals surface area contributed by atoms with Gasteiger partial charge < -0.3 is 5.11 Å². The van der Waals surface area contributed by atoms with Crippen LogP contribution in [0.3, 0.4) is 0 Å². The number of hydrogen-bond donors (Lipinski definition) is 1. The lowest BCUT2D eigenvalue weighted by Gasteiger charge is -2.00. The summed E-state index contributed by atoms with van der Waals surface area (Å²) in [6, 6.07) is 2.78. The maximum absolute atomic E-state index is 10.0. The molecule has 0 unspecified atom stereocenters. The molecule has 0 atom stereocenters. The summed E-state index contributed by atoms with van der Waals surface area (Å²) in [5, 5.41) is 12.0. The van der Waals surface area contributed by atoms with Crippen LogP contribution in [-0.4, -0.2) is 5.11 Å². The predicted octanol–water partition coefficient (Wildman–Crippen LogP) is 2.75. The molecule has 0 saturated heterocycles. The van der Waals surface area contributed by atoms with Gasteiger partial charge in [-0.15, -0.1) is 4.91 Å². The number of rotatable bonds is 1. The third-order valence-corrected chi connectivity index (χ3v) is 1.63. The zero-order chi connectivity index (χ0) is 8.43. The van der Waals surface area contributed by atoms with Gasteiger partial charge in [0.25, 0.3) is 0 Å². The molecule has 0 heterocycles. The van der Waals surface area contributed by atoms with E-state index in [1.54, 1.807) is 6.92 Å². The molecule has 58 valence electrons. The minimum atomic E-state index is -0.000864. The molecule has 0 aliphatic carbocycles. The van der Waals surface area contributed by atoms with Crippen molar-refractivity contribution < 1.29 is 5.11 Å². The van der Waals surface area contributed by atoms with Gasteiger partial charge in [-0.1, -0.05) is 11.6 Å². The van der Waals surface area contributed by atoms with Gasteiger partial charge in [0.15, 0.2) is 0 Å². The summed E-state index contributed by atoms with van der Waals surface area (Å²) in [6.45, 7) is 1.65. The van der Waals surface area contributed by atoms with E-state index in [1.807, 2.05) is 0 Å². The van der Waals surface area contributed by atoms with Crippen LogP contribution in [0.2, 0.25) is 5.02 Å². The van der Waals surface area contributed by atoms with Crippen LogP contribution < -0.4 is 0 Å². The zero-order valence-corrected chi connectivity index (χ0v) is 6.59. The molecule has 4 heteroatoms. The van der Waals surface area contributed by atoms with Gasteiger partial charge in [-0.3, -0.25) is 0 Å². The number of hydrogen-bond acceptors (Lipinski definition) is 3. The van der Waals surface area contributed by atoms with Crippen molar-refractivity contribution in [3.05, 3.63) is 27.6 Å². The second kappa shape index (κ2) is 2.88. The first-order chi connectivity index (χ1) is 5.15. The monoisotopic (exact) mass is 171 g/mol. The van der Waals surface area contributed by atoms with Gasteiger partial charge in [0.1, 0.15) is 11.4 Å². The molecule has 0 fully saturated rings. The first kappa shape index (κ1) is 8.01. The summed E-state index contributed by atoms with van der Waals surface area (Å²) >= 11 is 5.55. The van der Waals surface area contributed by atoms with E-state index in [4.69, 9.17) is 16.7 Å².